The number of ether oxygens (including phenoxy) is 2. The molecule has 5 heteroatoms. The summed E-state index contributed by atoms with van der Waals surface area (Å²) >= 11 is 0. The average Bonchev–Trinajstić information content (AvgIpc) is 3.17. The highest BCUT2D eigenvalue weighted by Gasteiger charge is 2.23. The van der Waals surface area contributed by atoms with E-state index in [1.807, 2.05) is 29.1 Å². The predicted molar refractivity (Wildman–Crippen MR) is 106 cm³/mol. The minimum Gasteiger partial charge on any atom is -0.486 e. The van der Waals surface area contributed by atoms with Crippen LogP contribution in [0.2, 0.25) is 0 Å². The van der Waals surface area contributed by atoms with Crippen LogP contribution in [0.15, 0.2) is 42.6 Å². The summed E-state index contributed by atoms with van der Waals surface area (Å²) in [7, 11) is 0. The van der Waals surface area contributed by atoms with E-state index in [9.17, 15) is 0 Å². The number of rotatable bonds is 3. The van der Waals surface area contributed by atoms with Crippen molar-refractivity contribution in [1.29, 1.82) is 5.26 Å². The van der Waals surface area contributed by atoms with Gasteiger partial charge in [0.2, 0.25) is 0 Å². The van der Waals surface area contributed by atoms with Crippen molar-refractivity contribution < 1.29 is 9.47 Å². The zero-order valence-electron chi connectivity index (χ0n) is 15.8. The van der Waals surface area contributed by atoms with Crippen LogP contribution in [0, 0.1) is 11.3 Å². The third-order valence-corrected chi connectivity index (χ3v) is 5.81. The van der Waals surface area contributed by atoms with Crippen LogP contribution >= 0.6 is 0 Å². The van der Waals surface area contributed by atoms with Crippen LogP contribution in [0.25, 0.3) is 10.9 Å². The Bertz CT molecular complexity index is 1040. The number of nitriles is 1. The first-order chi connectivity index (χ1) is 13.8. The molecule has 2 heterocycles. The second-order valence-electron chi connectivity index (χ2n) is 7.66. The highest BCUT2D eigenvalue weighted by Crippen LogP contribution is 2.35. The largest absolute Gasteiger partial charge is 0.486 e. The number of benzene rings is 2. The quantitative estimate of drug-likeness (QED) is 0.643. The highest BCUT2D eigenvalue weighted by molar-refractivity contribution is 5.80. The maximum absolute atomic E-state index is 9.15. The fourth-order valence-corrected chi connectivity index (χ4v) is 4.36. The van der Waals surface area contributed by atoms with Gasteiger partial charge < -0.3 is 9.47 Å². The van der Waals surface area contributed by atoms with Gasteiger partial charge in [0.15, 0.2) is 6.23 Å². The molecule has 0 N–H and O–H groups in total. The number of aromatic nitrogens is 2. The monoisotopic (exact) mass is 373 g/mol. The van der Waals surface area contributed by atoms with E-state index in [1.165, 1.54) is 17.5 Å². The standard InChI is InChI=1S/C23H23N3O2/c24-14-16-7-10-20-17(12-16)4-3-5-22(20)28-19-9-8-18-15-25-26(21(18)13-19)23-6-1-2-11-27-23/h7-10,12-13,15,22-23H,1-6,11H2. The molecule has 2 aliphatic rings. The molecule has 0 spiro atoms. The van der Waals surface area contributed by atoms with Crippen LogP contribution in [-0.2, 0) is 11.2 Å². The van der Waals surface area contributed by atoms with Crippen molar-refractivity contribution in [2.24, 2.45) is 0 Å². The molecule has 2 atom stereocenters. The summed E-state index contributed by atoms with van der Waals surface area (Å²) in [6.45, 7) is 0.797. The molecule has 1 aromatic heterocycles. The lowest BCUT2D eigenvalue weighted by atomic mass is 9.88. The molecule has 2 aromatic carbocycles. The molecule has 1 saturated heterocycles. The molecule has 5 rings (SSSR count). The van der Waals surface area contributed by atoms with Gasteiger partial charge in [0.05, 0.1) is 23.3 Å². The van der Waals surface area contributed by atoms with Crippen molar-refractivity contribution in [3.63, 3.8) is 0 Å². The van der Waals surface area contributed by atoms with Crippen molar-refractivity contribution in [2.75, 3.05) is 6.61 Å². The minimum atomic E-state index is 0.0151. The summed E-state index contributed by atoms with van der Waals surface area (Å²) in [5, 5.41) is 14.8. The van der Waals surface area contributed by atoms with E-state index < -0.39 is 0 Å². The van der Waals surface area contributed by atoms with Gasteiger partial charge in [0.1, 0.15) is 11.9 Å². The average molecular weight is 373 g/mol. The molecule has 28 heavy (non-hydrogen) atoms. The minimum absolute atomic E-state index is 0.0151. The van der Waals surface area contributed by atoms with Crippen molar-refractivity contribution in [3.8, 4) is 11.8 Å². The van der Waals surface area contributed by atoms with E-state index >= 15 is 0 Å². The topological polar surface area (TPSA) is 60.1 Å². The molecule has 0 amide bonds. The van der Waals surface area contributed by atoms with Gasteiger partial charge >= 0.3 is 0 Å². The molecule has 0 bridgehead atoms. The Morgan fingerprint density at radius 3 is 2.93 bits per heavy atom. The number of aryl methyl sites for hydroxylation is 1. The summed E-state index contributed by atoms with van der Waals surface area (Å²) in [6, 6.07) is 14.3. The Morgan fingerprint density at radius 2 is 2.07 bits per heavy atom. The summed E-state index contributed by atoms with van der Waals surface area (Å²) < 4.78 is 14.3. The van der Waals surface area contributed by atoms with Gasteiger partial charge in [0.25, 0.3) is 0 Å². The molecule has 142 valence electrons. The van der Waals surface area contributed by atoms with Crippen molar-refractivity contribution >= 4 is 10.9 Å². The lowest BCUT2D eigenvalue weighted by Crippen LogP contribution is -2.19. The van der Waals surface area contributed by atoms with Crippen LogP contribution in [0.1, 0.15) is 61.1 Å². The molecule has 1 aliphatic heterocycles. The lowest BCUT2D eigenvalue weighted by Gasteiger charge is -2.27. The van der Waals surface area contributed by atoms with E-state index in [0.717, 1.165) is 60.9 Å². The smallest absolute Gasteiger partial charge is 0.150 e. The highest BCUT2D eigenvalue weighted by atomic mass is 16.5. The fourth-order valence-electron chi connectivity index (χ4n) is 4.36. The summed E-state index contributed by atoms with van der Waals surface area (Å²) in [5.41, 5.74) is 4.21. The van der Waals surface area contributed by atoms with Crippen molar-refractivity contribution in [3.05, 3.63) is 59.3 Å². The fraction of sp³-hybridized carbons (Fsp3) is 0.391. The van der Waals surface area contributed by atoms with E-state index in [-0.39, 0.29) is 12.3 Å². The molecule has 0 radical (unpaired) electrons. The molecule has 1 fully saturated rings. The van der Waals surface area contributed by atoms with Gasteiger partial charge in [-0.05, 0) is 73.9 Å². The maximum Gasteiger partial charge on any atom is 0.150 e. The second-order valence-corrected chi connectivity index (χ2v) is 7.66. The number of hydrogen-bond acceptors (Lipinski definition) is 4. The first-order valence-electron chi connectivity index (χ1n) is 10.1. The number of hydrogen-bond donors (Lipinski definition) is 0. The normalized spacial score (nSPS) is 21.8. The molecule has 1 aliphatic carbocycles. The predicted octanol–water partition coefficient (Wildman–Crippen LogP) is 5.06. The Kier molecular flexibility index (Phi) is 4.50. The van der Waals surface area contributed by atoms with Gasteiger partial charge in [-0.3, -0.25) is 0 Å². The van der Waals surface area contributed by atoms with Gasteiger partial charge in [-0.25, -0.2) is 4.68 Å². The van der Waals surface area contributed by atoms with E-state index in [0.29, 0.717) is 0 Å². The third kappa shape index (κ3) is 3.14. The zero-order chi connectivity index (χ0) is 18.9. The van der Waals surface area contributed by atoms with Gasteiger partial charge in [-0.1, -0.05) is 6.07 Å². The van der Waals surface area contributed by atoms with Crippen LogP contribution in [0.5, 0.6) is 5.75 Å². The lowest BCUT2D eigenvalue weighted by molar-refractivity contribution is -0.0366. The van der Waals surface area contributed by atoms with Gasteiger partial charge in [-0.15, -0.1) is 0 Å². The summed E-state index contributed by atoms with van der Waals surface area (Å²) in [6.07, 6.45) is 8.30. The summed E-state index contributed by atoms with van der Waals surface area (Å²) in [4.78, 5) is 0. The molecule has 5 nitrogen and oxygen atoms in total. The first kappa shape index (κ1) is 17.3. The van der Waals surface area contributed by atoms with E-state index in [4.69, 9.17) is 14.7 Å². The molecule has 2 unspecified atom stereocenters. The Hall–Kier alpha value is -2.84. The van der Waals surface area contributed by atoms with Crippen LogP contribution < -0.4 is 4.74 Å². The molecule has 3 aromatic rings. The third-order valence-electron chi connectivity index (χ3n) is 5.81. The van der Waals surface area contributed by atoms with Crippen molar-refractivity contribution in [1.82, 2.24) is 9.78 Å². The Labute approximate surface area is 164 Å². The Morgan fingerprint density at radius 1 is 1.11 bits per heavy atom. The molecular formula is C23H23N3O2. The van der Waals surface area contributed by atoms with Crippen LogP contribution in [0.3, 0.4) is 0 Å². The Balaban J connectivity index is 1.44. The molecule has 0 saturated carbocycles. The summed E-state index contributed by atoms with van der Waals surface area (Å²) in [5.74, 6) is 0.854. The van der Waals surface area contributed by atoms with E-state index in [1.54, 1.807) is 0 Å². The zero-order valence-corrected chi connectivity index (χ0v) is 15.8. The molecular weight excluding hydrogens is 350 g/mol. The van der Waals surface area contributed by atoms with Gasteiger partial charge in [0, 0.05) is 18.1 Å². The van der Waals surface area contributed by atoms with Gasteiger partial charge in [-0.2, -0.15) is 10.4 Å². The van der Waals surface area contributed by atoms with Crippen molar-refractivity contribution in [2.45, 2.75) is 50.9 Å². The second kappa shape index (κ2) is 7.29. The van der Waals surface area contributed by atoms with Crippen LogP contribution in [-0.4, -0.2) is 16.4 Å². The van der Waals surface area contributed by atoms with Crippen LogP contribution in [0.4, 0.5) is 0 Å². The number of nitrogens with zero attached hydrogens (tertiary/aromatic N) is 3. The number of fused-ring (bicyclic) bond motifs is 2. The first-order valence-corrected chi connectivity index (χ1v) is 10.1. The SMILES string of the molecule is N#Cc1ccc2c(c1)CCCC2Oc1ccc2cnn(C3CCCCO3)c2c1. The van der Waals surface area contributed by atoms with E-state index in [2.05, 4.69) is 29.4 Å². The maximum atomic E-state index is 9.15.